The van der Waals surface area contributed by atoms with Crippen molar-refractivity contribution in [1.29, 1.82) is 0 Å². The molecular weight excluding hydrogens is 288 g/mol. The molecule has 0 radical (unpaired) electrons. The minimum absolute atomic E-state index is 0.132. The number of aromatic nitrogens is 3. The molecule has 2 heterocycles. The van der Waals surface area contributed by atoms with E-state index in [4.69, 9.17) is 0 Å². The minimum atomic E-state index is -0.412. The van der Waals surface area contributed by atoms with Gasteiger partial charge in [0, 0.05) is 6.07 Å². The number of hydrogen-bond donors (Lipinski definition) is 2. The highest BCUT2D eigenvalue weighted by Crippen LogP contribution is 2.10. The van der Waals surface area contributed by atoms with Gasteiger partial charge in [0.25, 0.3) is 11.5 Å². The molecule has 0 saturated heterocycles. The molecule has 0 atom stereocenters. The fraction of sp³-hybridized carbons (Fsp3) is 0. The Balaban J connectivity index is 2.14. The summed E-state index contributed by atoms with van der Waals surface area (Å²) in [7, 11) is 0. The highest BCUT2D eigenvalue weighted by molar-refractivity contribution is 9.10. The number of rotatable bonds is 2. The molecule has 0 bridgehead atoms. The second kappa shape index (κ2) is 4.88. The summed E-state index contributed by atoms with van der Waals surface area (Å²) in [4.78, 5) is 26.4. The van der Waals surface area contributed by atoms with Crippen LogP contribution in [-0.4, -0.2) is 21.1 Å². The zero-order valence-corrected chi connectivity index (χ0v) is 10.1. The van der Waals surface area contributed by atoms with Crippen LogP contribution >= 0.6 is 15.9 Å². The van der Waals surface area contributed by atoms with Gasteiger partial charge in [-0.3, -0.25) is 9.59 Å². The third-order valence-corrected chi connectivity index (χ3v) is 2.37. The number of aromatic amines is 1. The van der Waals surface area contributed by atoms with E-state index in [-0.39, 0.29) is 11.3 Å². The number of halogens is 1. The number of pyridine rings is 1. The molecule has 0 fully saturated rings. The molecule has 2 N–H and O–H groups in total. The molecule has 7 heteroatoms. The standard InChI is InChI=1S/C10H7BrN4O2/c11-8-3-1-6(5-12-8)13-10(17)7-2-4-9(16)15-14-7/h1-5H,(H,13,17)(H,15,16). The molecule has 0 spiro atoms. The quantitative estimate of drug-likeness (QED) is 0.814. The fourth-order valence-corrected chi connectivity index (χ4v) is 1.35. The maximum atomic E-state index is 11.7. The number of anilines is 1. The minimum Gasteiger partial charge on any atom is -0.319 e. The normalized spacial score (nSPS) is 9.94. The average Bonchev–Trinajstić information content (AvgIpc) is 2.33. The van der Waals surface area contributed by atoms with Gasteiger partial charge >= 0.3 is 0 Å². The average molecular weight is 295 g/mol. The first kappa shape index (κ1) is 11.5. The summed E-state index contributed by atoms with van der Waals surface area (Å²) in [5.41, 5.74) is 0.325. The molecule has 17 heavy (non-hydrogen) atoms. The summed E-state index contributed by atoms with van der Waals surface area (Å²) >= 11 is 3.19. The Morgan fingerprint density at radius 1 is 1.29 bits per heavy atom. The summed E-state index contributed by atoms with van der Waals surface area (Å²) in [6.45, 7) is 0. The number of carbonyl (C=O) groups excluding carboxylic acids is 1. The summed E-state index contributed by atoms with van der Waals surface area (Å²) in [6.07, 6.45) is 1.51. The molecule has 0 aromatic carbocycles. The van der Waals surface area contributed by atoms with Crippen LogP contribution in [0.15, 0.2) is 39.9 Å². The van der Waals surface area contributed by atoms with E-state index >= 15 is 0 Å². The lowest BCUT2D eigenvalue weighted by molar-refractivity contribution is 0.102. The van der Waals surface area contributed by atoms with E-state index < -0.39 is 5.91 Å². The molecule has 0 unspecified atom stereocenters. The van der Waals surface area contributed by atoms with E-state index in [1.807, 2.05) is 0 Å². The van der Waals surface area contributed by atoms with Crippen molar-refractivity contribution in [2.45, 2.75) is 0 Å². The van der Waals surface area contributed by atoms with Crippen molar-refractivity contribution in [3.8, 4) is 0 Å². The van der Waals surface area contributed by atoms with Gasteiger partial charge in [-0.05, 0) is 34.1 Å². The van der Waals surface area contributed by atoms with Crippen LogP contribution in [0.25, 0.3) is 0 Å². The number of H-pyrrole nitrogens is 1. The van der Waals surface area contributed by atoms with Crippen LogP contribution in [0.3, 0.4) is 0 Å². The SMILES string of the molecule is O=C(Nc1ccc(Br)nc1)c1ccc(=O)[nH]n1. The predicted octanol–water partition coefficient (Wildman–Crippen LogP) is 1.18. The first-order valence-corrected chi connectivity index (χ1v) is 5.43. The lowest BCUT2D eigenvalue weighted by atomic mass is 10.3. The Labute approximate surface area is 104 Å². The van der Waals surface area contributed by atoms with E-state index in [1.54, 1.807) is 12.1 Å². The maximum absolute atomic E-state index is 11.7. The van der Waals surface area contributed by atoms with E-state index in [1.165, 1.54) is 18.3 Å². The number of carbonyl (C=O) groups is 1. The summed E-state index contributed by atoms with van der Waals surface area (Å²) < 4.78 is 0.678. The Morgan fingerprint density at radius 2 is 2.12 bits per heavy atom. The van der Waals surface area contributed by atoms with E-state index in [2.05, 4.69) is 36.4 Å². The number of nitrogens with one attached hydrogen (secondary N) is 2. The summed E-state index contributed by atoms with van der Waals surface area (Å²) in [5, 5.41) is 8.40. The van der Waals surface area contributed by atoms with Crippen molar-refractivity contribution >= 4 is 27.5 Å². The maximum Gasteiger partial charge on any atom is 0.276 e. The smallest absolute Gasteiger partial charge is 0.276 e. The van der Waals surface area contributed by atoms with Gasteiger partial charge in [0.1, 0.15) is 10.3 Å². The van der Waals surface area contributed by atoms with Crippen molar-refractivity contribution < 1.29 is 4.79 Å². The van der Waals surface area contributed by atoms with Crippen molar-refractivity contribution in [1.82, 2.24) is 15.2 Å². The van der Waals surface area contributed by atoms with Gasteiger partial charge in [0.15, 0.2) is 0 Å². The number of amides is 1. The molecule has 0 aliphatic heterocycles. The topological polar surface area (TPSA) is 87.7 Å². The monoisotopic (exact) mass is 294 g/mol. The second-order valence-corrected chi connectivity index (χ2v) is 3.94. The van der Waals surface area contributed by atoms with Crippen molar-refractivity contribution in [2.24, 2.45) is 0 Å². The van der Waals surface area contributed by atoms with E-state index in [0.29, 0.717) is 10.3 Å². The Morgan fingerprint density at radius 3 is 2.71 bits per heavy atom. The van der Waals surface area contributed by atoms with Gasteiger partial charge in [0.05, 0.1) is 11.9 Å². The van der Waals surface area contributed by atoms with Crippen molar-refractivity contribution in [3.63, 3.8) is 0 Å². The van der Waals surface area contributed by atoms with Crippen LogP contribution < -0.4 is 10.9 Å². The molecule has 0 saturated carbocycles. The molecule has 0 aliphatic rings. The first-order valence-electron chi connectivity index (χ1n) is 4.64. The molecule has 2 aromatic rings. The Hall–Kier alpha value is -2.02. The second-order valence-electron chi connectivity index (χ2n) is 3.13. The van der Waals surface area contributed by atoms with Crippen LogP contribution in [0.4, 0.5) is 5.69 Å². The fourth-order valence-electron chi connectivity index (χ4n) is 1.12. The third-order valence-electron chi connectivity index (χ3n) is 1.90. The first-order chi connectivity index (χ1) is 8.15. The molecule has 6 nitrogen and oxygen atoms in total. The zero-order valence-electron chi connectivity index (χ0n) is 8.48. The van der Waals surface area contributed by atoms with Crippen LogP contribution in [0.1, 0.15) is 10.5 Å². The van der Waals surface area contributed by atoms with Crippen LogP contribution in [-0.2, 0) is 0 Å². The number of nitrogens with zero attached hydrogens (tertiary/aromatic N) is 2. The highest BCUT2D eigenvalue weighted by Gasteiger charge is 2.07. The van der Waals surface area contributed by atoms with Gasteiger partial charge in [0.2, 0.25) is 0 Å². The van der Waals surface area contributed by atoms with Gasteiger partial charge in [-0.2, -0.15) is 5.10 Å². The summed E-state index contributed by atoms with van der Waals surface area (Å²) in [6, 6.07) is 5.98. The Kier molecular flexibility index (Phi) is 3.29. The molecule has 86 valence electrons. The van der Waals surface area contributed by atoms with Gasteiger partial charge < -0.3 is 5.32 Å². The molecule has 0 aliphatic carbocycles. The number of hydrogen-bond acceptors (Lipinski definition) is 4. The Bertz CT molecular complexity index is 574. The van der Waals surface area contributed by atoms with Crippen LogP contribution in [0.2, 0.25) is 0 Å². The third kappa shape index (κ3) is 2.97. The van der Waals surface area contributed by atoms with Gasteiger partial charge in [-0.1, -0.05) is 0 Å². The van der Waals surface area contributed by atoms with E-state index in [9.17, 15) is 9.59 Å². The van der Waals surface area contributed by atoms with Crippen molar-refractivity contribution in [3.05, 3.63) is 51.1 Å². The van der Waals surface area contributed by atoms with Gasteiger partial charge in [-0.15, -0.1) is 0 Å². The lowest BCUT2D eigenvalue weighted by Crippen LogP contribution is -2.17. The van der Waals surface area contributed by atoms with E-state index in [0.717, 1.165) is 0 Å². The van der Waals surface area contributed by atoms with Gasteiger partial charge in [-0.25, -0.2) is 10.1 Å². The molecule has 2 aromatic heterocycles. The zero-order chi connectivity index (χ0) is 12.3. The predicted molar refractivity (Wildman–Crippen MR) is 64.7 cm³/mol. The van der Waals surface area contributed by atoms with Crippen molar-refractivity contribution in [2.75, 3.05) is 5.32 Å². The molecule has 1 amide bonds. The lowest BCUT2D eigenvalue weighted by Gasteiger charge is -2.03. The van der Waals surface area contributed by atoms with Crippen LogP contribution in [0, 0.1) is 0 Å². The van der Waals surface area contributed by atoms with Crippen LogP contribution in [0.5, 0.6) is 0 Å². The largest absolute Gasteiger partial charge is 0.319 e. The summed E-state index contributed by atoms with van der Waals surface area (Å²) in [5.74, 6) is -0.412. The highest BCUT2D eigenvalue weighted by atomic mass is 79.9. The molecule has 2 rings (SSSR count). The molecular formula is C10H7BrN4O2.